The van der Waals surface area contributed by atoms with Gasteiger partial charge in [-0.3, -0.25) is 0 Å². The van der Waals surface area contributed by atoms with Gasteiger partial charge in [-0.2, -0.15) is 5.26 Å². The Balaban J connectivity index is 1.74. The molecule has 84 valence electrons. The van der Waals surface area contributed by atoms with Gasteiger partial charge in [-0.15, -0.1) is 0 Å². The van der Waals surface area contributed by atoms with Crippen molar-refractivity contribution in [3.8, 4) is 6.07 Å². The van der Waals surface area contributed by atoms with E-state index in [1.54, 1.807) is 0 Å². The van der Waals surface area contributed by atoms with Crippen LogP contribution >= 0.6 is 0 Å². The molecule has 2 unspecified atom stereocenters. The summed E-state index contributed by atoms with van der Waals surface area (Å²) in [5, 5.41) is 8.87. The van der Waals surface area contributed by atoms with Gasteiger partial charge in [0, 0.05) is 5.92 Å². The zero-order valence-electron chi connectivity index (χ0n) is 9.48. The molecule has 4 rings (SSSR count). The number of nitriles is 1. The van der Waals surface area contributed by atoms with E-state index >= 15 is 0 Å². The Morgan fingerprint density at radius 1 is 1.24 bits per heavy atom. The van der Waals surface area contributed by atoms with Crippen LogP contribution < -0.4 is 0 Å². The van der Waals surface area contributed by atoms with Crippen LogP contribution in [0.3, 0.4) is 0 Å². The summed E-state index contributed by atoms with van der Waals surface area (Å²) in [6, 6.07) is 7.82. The first kappa shape index (κ1) is 9.23. The van der Waals surface area contributed by atoms with E-state index in [1.165, 1.54) is 19.3 Å². The molecule has 0 radical (unpaired) electrons. The molecule has 0 bridgehead atoms. The molecule has 0 spiro atoms. The monoisotopic (exact) mass is 223 g/mol. The quantitative estimate of drug-likeness (QED) is 0.808. The molecule has 0 aliphatic heterocycles. The van der Waals surface area contributed by atoms with Crippen molar-refractivity contribution in [3.05, 3.63) is 29.6 Å². The van der Waals surface area contributed by atoms with Crippen molar-refractivity contribution in [2.24, 2.45) is 11.8 Å². The van der Waals surface area contributed by atoms with Gasteiger partial charge < -0.3 is 4.98 Å². The molecular weight excluding hydrogens is 210 g/mol. The molecule has 2 saturated carbocycles. The number of nitrogens with one attached hydrogen (secondary N) is 1. The highest BCUT2D eigenvalue weighted by Crippen LogP contribution is 2.57. The number of nitrogens with zero attached hydrogens (tertiary/aromatic N) is 2. The summed E-state index contributed by atoms with van der Waals surface area (Å²) in [5.41, 5.74) is 2.68. The number of hydrogen-bond donors (Lipinski definition) is 1. The molecule has 17 heavy (non-hydrogen) atoms. The van der Waals surface area contributed by atoms with Crippen LogP contribution in [0.5, 0.6) is 0 Å². The van der Waals surface area contributed by atoms with Gasteiger partial charge in [-0.05, 0) is 49.3 Å². The topological polar surface area (TPSA) is 52.5 Å². The van der Waals surface area contributed by atoms with Crippen LogP contribution in [0.15, 0.2) is 18.2 Å². The number of rotatable bonds is 1. The third-order valence-corrected chi connectivity index (χ3v) is 4.26. The van der Waals surface area contributed by atoms with Crippen molar-refractivity contribution in [3.63, 3.8) is 0 Å². The minimum Gasteiger partial charge on any atom is -0.342 e. The zero-order chi connectivity index (χ0) is 11.4. The maximum absolute atomic E-state index is 8.87. The molecule has 0 saturated heterocycles. The third-order valence-electron chi connectivity index (χ3n) is 4.26. The molecule has 1 N–H and O–H groups in total. The second-order valence-electron chi connectivity index (χ2n) is 5.39. The molecule has 2 atom stereocenters. The first-order valence-corrected chi connectivity index (χ1v) is 6.23. The molecule has 2 aliphatic rings. The average molecular weight is 223 g/mol. The van der Waals surface area contributed by atoms with Crippen molar-refractivity contribution < 1.29 is 0 Å². The van der Waals surface area contributed by atoms with Gasteiger partial charge in [0.25, 0.3) is 0 Å². The number of aromatic amines is 1. The number of benzene rings is 1. The van der Waals surface area contributed by atoms with E-state index in [9.17, 15) is 0 Å². The highest BCUT2D eigenvalue weighted by molar-refractivity contribution is 5.76. The summed E-state index contributed by atoms with van der Waals surface area (Å²) in [4.78, 5) is 8.05. The van der Waals surface area contributed by atoms with E-state index < -0.39 is 0 Å². The van der Waals surface area contributed by atoms with Crippen LogP contribution in [0.4, 0.5) is 0 Å². The van der Waals surface area contributed by atoms with Gasteiger partial charge in [0.2, 0.25) is 0 Å². The number of aromatic nitrogens is 2. The summed E-state index contributed by atoms with van der Waals surface area (Å²) in [6.07, 6.45) is 4.04. The van der Waals surface area contributed by atoms with Gasteiger partial charge in [0.05, 0.1) is 22.7 Å². The molecule has 2 aliphatic carbocycles. The van der Waals surface area contributed by atoms with Gasteiger partial charge in [0.15, 0.2) is 0 Å². The van der Waals surface area contributed by atoms with Crippen LogP contribution in [0.25, 0.3) is 11.0 Å². The van der Waals surface area contributed by atoms with Crippen molar-refractivity contribution >= 4 is 11.0 Å². The molecule has 2 aromatic rings. The van der Waals surface area contributed by atoms with Crippen LogP contribution in [0, 0.1) is 23.2 Å². The average Bonchev–Trinajstić information content (AvgIpc) is 2.80. The Hall–Kier alpha value is -1.82. The van der Waals surface area contributed by atoms with Crippen molar-refractivity contribution in [1.29, 1.82) is 5.26 Å². The lowest BCUT2D eigenvalue weighted by atomic mass is 10.0. The second-order valence-corrected chi connectivity index (χ2v) is 5.39. The molecule has 1 heterocycles. The molecular formula is C14H13N3. The number of H-pyrrole nitrogens is 1. The van der Waals surface area contributed by atoms with E-state index in [2.05, 4.69) is 16.0 Å². The largest absolute Gasteiger partial charge is 0.342 e. The Labute approximate surface area is 99.5 Å². The second kappa shape index (κ2) is 3.10. The minimum absolute atomic E-state index is 0.622. The number of hydrogen-bond acceptors (Lipinski definition) is 2. The van der Waals surface area contributed by atoms with E-state index in [1.807, 2.05) is 18.2 Å². The van der Waals surface area contributed by atoms with Gasteiger partial charge in [-0.1, -0.05) is 0 Å². The maximum atomic E-state index is 8.87. The Bertz CT molecular complexity index is 624. The maximum Gasteiger partial charge on any atom is 0.110 e. The number of imidazole rings is 1. The summed E-state index contributed by atoms with van der Waals surface area (Å²) < 4.78 is 0. The smallest absolute Gasteiger partial charge is 0.110 e. The van der Waals surface area contributed by atoms with Crippen molar-refractivity contribution in [2.75, 3.05) is 0 Å². The fraction of sp³-hybridized carbons (Fsp3) is 0.429. The Morgan fingerprint density at radius 2 is 2.06 bits per heavy atom. The van der Waals surface area contributed by atoms with Gasteiger partial charge >= 0.3 is 0 Å². The van der Waals surface area contributed by atoms with Crippen LogP contribution in [0.1, 0.15) is 36.6 Å². The first-order chi connectivity index (χ1) is 8.33. The standard InChI is InChI=1S/C14H13N3/c15-7-8-1-2-12-13(3-8)17-14(16-12)11-5-9-4-10(9)6-11/h1-3,9-11H,4-6H2,(H,16,17). The molecule has 3 heteroatoms. The lowest BCUT2D eigenvalue weighted by molar-refractivity contribution is 0.597. The van der Waals surface area contributed by atoms with E-state index in [0.29, 0.717) is 11.5 Å². The predicted octanol–water partition coefficient (Wildman–Crippen LogP) is 2.95. The minimum atomic E-state index is 0.622. The van der Waals surface area contributed by atoms with Gasteiger partial charge in [-0.25, -0.2) is 4.98 Å². The molecule has 2 fully saturated rings. The van der Waals surface area contributed by atoms with Gasteiger partial charge in [0.1, 0.15) is 5.82 Å². The van der Waals surface area contributed by atoms with E-state index in [0.717, 1.165) is 28.7 Å². The molecule has 3 nitrogen and oxygen atoms in total. The molecule has 1 aromatic heterocycles. The predicted molar refractivity (Wildman–Crippen MR) is 64.4 cm³/mol. The van der Waals surface area contributed by atoms with Crippen LogP contribution in [-0.2, 0) is 0 Å². The SMILES string of the molecule is N#Cc1ccc2nc(C3CC4CC4C3)[nH]c2c1. The summed E-state index contributed by atoms with van der Waals surface area (Å²) in [5.74, 6) is 3.70. The molecule has 1 aromatic carbocycles. The Kier molecular flexibility index (Phi) is 1.69. The normalized spacial score (nSPS) is 30.2. The fourth-order valence-corrected chi connectivity index (χ4v) is 3.23. The summed E-state index contributed by atoms with van der Waals surface area (Å²) >= 11 is 0. The lowest BCUT2D eigenvalue weighted by Crippen LogP contribution is -1.97. The van der Waals surface area contributed by atoms with E-state index in [-0.39, 0.29) is 0 Å². The van der Waals surface area contributed by atoms with Crippen molar-refractivity contribution in [2.45, 2.75) is 25.2 Å². The fourth-order valence-electron chi connectivity index (χ4n) is 3.23. The highest BCUT2D eigenvalue weighted by Gasteiger charge is 2.46. The van der Waals surface area contributed by atoms with E-state index in [4.69, 9.17) is 5.26 Å². The van der Waals surface area contributed by atoms with Crippen LogP contribution in [-0.4, -0.2) is 9.97 Å². The first-order valence-electron chi connectivity index (χ1n) is 6.23. The summed E-state index contributed by atoms with van der Waals surface area (Å²) in [7, 11) is 0. The lowest BCUT2D eigenvalue weighted by Gasteiger charge is -2.06. The Morgan fingerprint density at radius 3 is 2.82 bits per heavy atom. The summed E-state index contributed by atoms with van der Waals surface area (Å²) in [6.45, 7) is 0. The molecule has 0 amide bonds. The highest BCUT2D eigenvalue weighted by atomic mass is 14.9. The third kappa shape index (κ3) is 1.37. The zero-order valence-corrected chi connectivity index (χ0v) is 9.48. The van der Waals surface area contributed by atoms with Crippen molar-refractivity contribution in [1.82, 2.24) is 9.97 Å². The van der Waals surface area contributed by atoms with Crippen LogP contribution in [0.2, 0.25) is 0 Å². The number of fused-ring (bicyclic) bond motifs is 2.